The molecule has 2 heterocycles. The third-order valence-corrected chi connectivity index (χ3v) is 4.44. The van der Waals surface area contributed by atoms with Gasteiger partial charge in [-0.25, -0.2) is 4.79 Å². The molecule has 3 rings (SSSR count). The lowest BCUT2D eigenvalue weighted by Crippen LogP contribution is -2.43. The number of likely N-dealkylation sites (tertiary alicyclic amines) is 1. The Balaban J connectivity index is 1.78. The normalized spacial score (nSPS) is 20.8. The lowest BCUT2D eigenvalue weighted by atomic mass is 10.0. The van der Waals surface area contributed by atoms with Gasteiger partial charge in [-0.05, 0) is 51.3 Å². The zero-order valence-corrected chi connectivity index (χ0v) is 14.8. The highest BCUT2D eigenvalue weighted by Crippen LogP contribution is 2.33. The molecular formula is C17H21BrN2O2. The Labute approximate surface area is 139 Å². The molecule has 22 heavy (non-hydrogen) atoms. The van der Waals surface area contributed by atoms with E-state index in [1.807, 2.05) is 37.8 Å². The summed E-state index contributed by atoms with van der Waals surface area (Å²) in [5, 5.41) is 0. The minimum absolute atomic E-state index is 0.0704. The highest BCUT2D eigenvalue weighted by molar-refractivity contribution is 9.10. The van der Waals surface area contributed by atoms with Crippen LogP contribution in [0.2, 0.25) is 0 Å². The van der Waals surface area contributed by atoms with E-state index in [1.165, 1.54) is 5.56 Å². The summed E-state index contributed by atoms with van der Waals surface area (Å²) < 4.78 is 6.57. The summed E-state index contributed by atoms with van der Waals surface area (Å²) in [7, 11) is 0. The van der Waals surface area contributed by atoms with Crippen molar-refractivity contribution in [2.75, 3.05) is 6.54 Å². The first-order valence-corrected chi connectivity index (χ1v) is 8.48. The maximum atomic E-state index is 12.4. The smallest absolute Gasteiger partial charge is 0.410 e. The molecule has 0 spiro atoms. The summed E-state index contributed by atoms with van der Waals surface area (Å²) in [4.78, 5) is 19.0. The SMILES string of the molecule is CC(C)(C)OC(=O)N1CCC[C@H]1C1=Nc2cc(Br)ccc2C1. The number of nitrogens with zero attached hydrogens (tertiary/aromatic N) is 2. The molecule has 1 saturated heterocycles. The first kappa shape index (κ1) is 15.5. The highest BCUT2D eigenvalue weighted by Gasteiger charge is 2.36. The molecule has 2 aliphatic rings. The van der Waals surface area contributed by atoms with Gasteiger partial charge in [0.25, 0.3) is 0 Å². The van der Waals surface area contributed by atoms with Crippen molar-refractivity contribution < 1.29 is 9.53 Å². The van der Waals surface area contributed by atoms with Crippen LogP contribution < -0.4 is 0 Å². The van der Waals surface area contributed by atoms with Crippen molar-refractivity contribution in [1.82, 2.24) is 4.90 Å². The molecule has 0 radical (unpaired) electrons. The van der Waals surface area contributed by atoms with Gasteiger partial charge in [0, 0.05) is 23.1 Å². The third-order valence-electron chi connectivity index (χ3n) is 3.95. The van der Waals surface area contributed by atoms with E-state index in [1.54, 1.807) is 0 Å². The van der Waals surface area contributed by atoms with Crippen molar-refractivity contribution in [1.29, 1.82) is 0 Å². The van der Waals surface area contributed by atoms with Crippen LogP contribution in [0, 0.1) is 0 Å². The van der Waals surface area contributed by atoms with Gasteiger partial charge in [0.1, 0.15) is 5.60 Å². The van der Waals surface area contributed by atoms with E-state index in [2.05, 4.69) is 22.0 Å². The lowest BCUT2D eigenvalue weighted by molar-refractivity contribution is 0.0265. The molecule has 0 unspecified atom stereocenters. The van der Waals surface area contributed by atoms with Crippen molar-refractivity contribution >= 4 is 33.4 Å². The predicted octanol–water partition coefficient (Wildman–Crippen LogP) is 4.48. The van der Waals surface area contributed by atoms with Gasteiger partial charge in [-0.3, -0.25) is 9.89 Å². The van der Waals surface area contributed by atoms with Crippen molar-refractivity contribution in [3.63, 3.8) is 0 Å². The number of hydrogen-bond acceptors (Lipinski definition) is 3. The predicted molar refractivity (Wildman–Crippen MR) is 90.9 cm³/mol. The molecule has 0 saturated carbocycles. The van der Waals surface area contributed by atoms with Crippen LogP contribution in [0.3, 0.4) is 0 Å². The molecule has 118 valence electrons. The van der Waals surface area contributed by atoms with Gasteiger partial charge in [0.05, 0.1) is 11.7 Å². The zero-order valence-electron chi connectivity index (χ0n) is 13.2. The summed E-state index contributed by atoms with van der Waals surface area (Å²) in [6.45, 7) is 6.45. The molecule has 1 aromatic carbocycles. The monoisotopic (exact) mass is 364 g/mol. The van der Waals surface area contributed by atoms with Crippen LogP contribution >= 0.6 is 15.9 Å². The van der Waals surface area contributed by atoms with Crippen LogP contribution in [-0.2, 0) is 11.2 Å². The maximum absolute atomic E-state index is 12.4. The molecule has 1 amide bonds. The van der Waals surface area contributed by atoms with Gasteiger partial charge in [0.2, 0.25) is 0 Å². The van der Waals surface area contributed by atoms with Crippen molar-refractivity contribution in [2.45, 2.75) is 51.7 Å². The van der Waals surface area contributed by atoms with Gasteiger partial charge in [-0.15, -0.1) is 0 Å². The second-order valence-electron chi connectivity index (χ2n) is 6.88. The highest BCUT2D eigenvalue weighted by atomic mass is 79.9. The minimum atomic E-state index is -0.463. The molecule has 1 fully saturated rings. The first-order valence-electron chi connectivity index (χ1n) is 7.69. The van der Waals surface area contributed by atoms with E-state index in [9.17, 15) is 4.79 Å². The number of amides is 1. The second kappa shape index (κ2) is 5.69. The molecular weight excluding hydrogens is 344 g/mol. The van der Waals surface area contributed by atoms with Gasteiger partial charge in [-0.1, -0.05) is 22.0 Å². The quantitative estimate of drug-likeness (QED) is 0.737. The molecule has 1 atom stereocenters. The number of halogens is 1. The van der Waals surface area contributed by atoms with E-state index in [-0.39, 0.29) is 12.1 Å². The molecule has 0 bridgehead atoms. The largest absolute Gasteiger partial charge is 0.444 e. The minimum Gasteiger partial charge on any atom is -0.444 e. The number of fused-ring (bicyclic) bond motifs is 1. The fourth-order valence-corrected chi connectivity index (χ4v) is 3.37. The number of carbonyl (C=O) groups excluding carboxylic acids is 1. The summed E-state index contributed by atoms with van der Waals surface area (Å²) in [5.74, 6) is 0. The van der Waals surface area contributed by atoms with Crippen LogP contribution in [0.1, 0.15) is 39.2 Å². The molecule has 2 aliphatic heterocycles. The van der Waals surface area contributed by atoms with E-state index < -0.39 is 5.60 Å². The Kier molecular flexibility index (Phi) is 4.02. The van der Waals surface area contributed by atoms with Crippen molar-refractivity contribution in [2.24, 2.45) is 4.99 Å². The molecule has 0 aliphatic carbocycles. The number of aliphatic imine (C=N–C) groups is 1. The van der Waals surface area contributed by atoms with Crippen LogP contribution in [0.4, 0.5) is 10.5 Å². The van der Waals surface area contributed by atoms with E-state index in [0.29, 0.717) is 0 Å². The van der Waals surface area contributed by atoms with Gasteiger partial charge >= 0.3 is 6.09 Å². The number of benzene rings is 1. The van der Waals surface area contributed by atoms with Crippen LogP contribution in [0.25, 0.3) is 0 Å². The van der Waals surface area contributed by atoms with Gasteiger partial charge in [0.15, 0.2) is 0 Å². The molecule has 4 nitrogen and oxygen atoms in total. The lowest BCUT2D eigenvalue weighted by Gasteiger charge is -2.28. The van der Waals surface area contributed by atoms with Crippen molar-refractivity contribution in [3.05, 3.63) is 28.2 Å². The van der Waals surface area contributed by atoms with Crippen LogP contribution in [0.15, 0.2) is 27.7 Å². The number of ether oxygens (including phenoxy) is 1. The fraction of sp³-hybridized carbons (Fsp3) is 0.529. The average Bonchev–Trinajstić information content (AvgIpc) is 3.01. The molecule has 0 aromatic heterocycles. The van der Waals surface area contributed by atoms with Gasteiger partial charge < -0.3 is 4.74 Å². The Morgan fingerprint density at radius 3 is 2.91 bits per heavy atom. The standard InChI is InChI=1S/C17H21BrN2O2/c1-17(2,3)22-16(21)20-8-4-5-15(20)14-9-11-6-7-12(18)10-13(11)19-14/h6-7,10,15H,4-5,8-9H2,1-3H3/t15-/m0/s1. The topological polar surface area (TPSA) is 41.9 Å². The van der Waals surface area contributed by atoms with Gasteiger partial charge in [-0.2, -0.15) is 0 Å². The Morgan fingerprint density at radius 2 is 2.18 bits per heavy atom. The number of hydrogen-bond donors (Lipinski definition) is 0. The Morgan fingerprint density at radius 1 is 1.41 bits per heavy atom. The average molecular weight is 365 g/mol. The van der Waals surface area contributed by atoms with E-state index in [0.717, 1.165) is 41.7 Å². The third kappa shape index (κ3) is 3.19. The Bertz CT molecular complexity index is 634. The molecule has 1 aromatic rings. The first-order chi connectivity index (χ1) is 10.3. The van der Waals surface area contributed by atoms with E-state index >= 15 is 0 Å². The van der Waals surface area contributed by atoms with E-state index in [4.69, 9.17) is 9.73 Å². The summed E-state index contributed by atoms with van der Waals surface area (Å²) in [6, 6.07) is 6.25. The summed E-state index contributed by atoms with van der Waals surface area (Å²) in [6.07, 6.45) is 2.57. The van der Waals surface area contributed by atoms with Crippen LogP contribution in [-0.4, -0.2) is 34.9 Å². The number of carbonyl (C=O) groups is 1. The molecule has 0 N–H and O–H groups in total. The number of rotatable bonds is 1. The molecule has 5 heteroatoms. The maximum Gasteiger partial charge on any atom is 0.410 e. The summed E-state index contributed by atoms with van der Waals surface area (Å²) >= 11 is 3.48. The summed E-state index contributed by atoms with van der Waals surface area (Å²) in [5.41, 5.74) is 2.86. The zero-order chi connectivity index (χ0) is 15.9. The van der Waals surface area contributed by atoms with Crippen LogP contribution in [0.5, 0.6) is 0 Å². The van der Waals surface area contributed by atoms with Crippen molar-refractivity contribution in [3.8, 4) is 0 Å². The second-order valence-corrected chi connectivity index (χ2v) is 7.80. The Hall–Kier alpha value is -1.36. The fourth-order valence-electron chi connectivity index (χ4n) is 3.02.